The van der Waals surface area contributed by atoms with Gasteiger partial charge in [0.05, 0.1) is 0 Å². The Morgan fingerprint density at radius 1 is 1.29 bits per heavy atom. The maximum atomic E-state index is 13.2. The highest BCUT2D eigenvalue weighted by molar-refractivity contribution is 6.65. The predicted molar refractivity (Wildman–Crippen MR) is 56.1 cm³/mol. The molecule has 0 saturated carbocycles. The highest BCUT2D eigenvalue weighted by Gasteiger charge is 2.26. The van der Waals surface area contributed by atoms with E-state index in [0.29, 0.717) is 6.61 Å². The van der Waals surface area contributed by atoms with E-state index >= 15 is 0 Å². The fourth-order valence-electron chi connectivity index (χ4n) is 1.17. The van der Waals surface area contributed by atoms with Gasteiger partial charge in [-0.3, -0.25) is 0 Å². The lowest BCUT2D eigenvalue weighted by molar-refractivity contribution is 0.260. The van der Waals surface area contributed by atoms with Crippen molar-refractivity contribution < 1.29 is 13.2 Å². The summed E-state index contributed by atoms with van der Waals surface area (Å²) in [5.74, 6) is -0.0644. The van der Waals surface area contributed by atoms with Crippen molar-refractivity contribution in [3.8, 4) is 5.75 Å². The molecule has 0 fully saturated rings. The van der Waals surface area contributed by atoms with Crippen LogP contribution in [0, 0.1) is 5.82 Å². The van der Waals surface area contributed by atoms with E-state index in [2.05, 4.69) is 0 Å². The summed E-state index contributed by atoms with van der Waals surface area (Å²) in [6.07, 6.45) is 0. The molecule has 0 aliphatic carbocycles. The third-order valence-corrected chi connectivity index (χ3v) is 3.38. The Balaban J connectivity index is 2.73. The van der Waals surface area contributed by atoms with Crippen LogP contribution in [0.1, 0.15) is 6.92 Å². The lowest BCUT2D eigenvalue weighted by atomic mass is 10.3. The molecule has 14 heavy (non-hydrogen) atoms. The third-order valence-electron chi connectivity index (χ3n) is 1.68. The van der Waals surface area contributed by atoms with Crippen LogP contribution < -0.4 is 4.43 Å². The summed E-state index contributed by atoms with van der Waals surface area (Å²) in [4.78, 5) is 0. The van der Waals surface area contributed by atoms with Crippen LogP contribution in [0.25, 0.3) is 0 Å². The first-order valence-electron chi connectivity index (χ1n) is 4.62. The van der Waals surface area contributed by atoms with Gasteiger partial charge < -0.3 is 8.85 Å². The van der Waals surface area contributed by atoms with Crippen molar-refractivity contribution in [1.82, 2.24) is 0 Å². The van der Waals surface area contributed by atoms with Gasteiger partial charge in [-0.25, -0.2) is 4.39 Å². The molecule has 0 atom stereocenters. The maximum absolute atomic E-state index is 13.2. The van der Waals surface area contributed by atoms with Crippen LogP contribution in [-0.2, 0) is 4.43 Å². The molecular weight excluding hydrogens is 199 g/mol. The molecule has 0 amide bonds. The maximum Gasteiger partial charge on any atom is 0.392 e. The zero-order valence-corrected chi connectivity index (χ0v) is 9.71. The summed E-state index contributed by atoms with van der Waals surface area (Å²) in [7, 11) is -2.22. The Labute approximate surface area is 84.9 Å². The smallest absolute Gasteiger partial charge is 0.392 e. The average Bonchev–Trinajstić information content (AvgIpc) is 2.08. The van der Waals surface area contributed by atoms with Crippen LogP contribution in [0.5, 0.6) is 5.75 Å². The van der Waals surface area contributed by atoms with Gasteiger partial charge in [-0.1, -0.05) is 12.1 Å². The van der Waals surface area contributed by atoms with Crippen molar-refractivity contribution in [2.24, 2.45) is 0 Å². The van der Waals surface area contributed by atoms with Crippen LogP contribution in [0.4, 0.5) is 4.39 Å². The minimum atomic E-state index is -2.22. The zero-order valence-electron chi connectivity index (χ0n) is 8.71. The van der Waals surface area contributed by atoms with E-state index in [0.717, 1.165) is 0 Å². The van der Waals surface area contributed by atoms with Crippen LogP contribution in [0.15, 0.2) is 24.3 Å². The van der Waals surface area contributed by atoms with Gasteiger partial charge >= 0.3 is 8.56 Å². The van der Waals surface area contributed by atoms with Crippen molar-refractivity contribution in [2.45, 2.75) is 20.0 Å². The molecule has 1 aromatic carbocycles. The van der Waals surface area contributed by atoms with Crippen molar-refractivity contribution in [2.75, 3.05) is 6.61 Å². The topological polar surface area (TPSA) is 18.5 Å². The Morgan fingerprint density at radius 3 is 2.50 bits per heavy atom. The number of para-hydroxylation sites is 1. The highest BCUT2D eigenvalue weighted by Crippen LogP contribution is 2.20. The summed E-state index contributed by atoms with van der Waals surface area (Å²) in [5, 5.41) is 0. The summed E-state index contributed by atoms with van der Waals surface area (Å²) in [6, 6.07) is 6.38. The minimum Gasteiger partial charge on any atom is -0.518 e. The van der Waals surface area contributed by atoms with E-state index in [1.165, 1.54) is 6.07 Å². The molecular formula is C10H15FO2Si. The molecule has 4 heteroatoms. The molecule has 1 aromatic rings. The predicted octanol–water partition coefficient (Wildman–Crippen LogP) is 2.94. The normalized spacial score (nSPS) is 11.4. The van der Waals surface area contributed by atoms with Crippen LogP contribution in [0.2, 0.25) is 13.1 Å². The number of hydrogen-bond acceptors (Lipinski definition) is 2. The Bertz CT molecular complexity index is 302. The highest BCUT2D eigenvalue weighted by atomic mass is 28.4. The van der Waals surface area contributed by atoms with E-state index in [4.69, 9.17) is 8.85 Å². The second-order valence-corrected chi connectivity index (χ2v) is 6.66. The largest absolute Gasteiger partial charge is 0.518 e. The summed E-state index contributed by atoms with van der Waals surface area (Å²) in [5.41, 5.74) is 0. The lowest BCUT2D eigenvalue weighted by Crippen LogP contribution is -2.38. The number of halogens is 1. The molecule has 0 heterocycles. The van der Waals surface area contributed by atoms with Gasteiger partial charge in [-0.15, -0.1) is 0 Å². The second kappa shape index (κ2) is 4.57. The van der Waals surface area contributed by atoms with Gasteiger partial charge in [0.25, 0.3) is 0 Å². The van der Waals surface area contributed by atoms with Gasteiger partial charge in [0.2, 0.25) is 0 Å². The van der Waals surface area contributed by atoms with Crippen LogP contribution >= 0.6 is 0 Å². The first kappa shape index (κ1) is 11.2. The third kappa shape index (κ3) is 3.12. The number of benzene rings is 1. The van der Waals surface area contributed by atoms with E-state index < -0.39 is 8.56 Å². The Morgan fingerprint density at radius 2 is 1.93 bits per heavy atom. The zero-order chi connectivity index (χ0) is 10.6. The number of rotatable bonds is 4. The van der Waals surface area contributed by atoms with Crippen molar-refractivity contribution in [3.63, 3.8) is 0 Å². The van der Waals surface area contributed by atoms with Crippen molar-refractivity contribution in [1.29, 1.82) is 0 Å². The number of hydrogen-bond donors (Lipinski definition) is 0. The fourth-order valence-corrected chi connectivity index (χ4v) is 2.62. The van der Waals surface area contributed by atoms with E-state index in [1.807, 2.05) is 20.0 Å². The van der Waals surface area contributed by atoms with Crippen molar-refractivity contribution >= 4 is 8.56 Å². The molecule has 0 radical (unpaired) electrons. The van der Waals surface area contributed by atoms with Gasteiger partial charge in [-0.2, -0.15) is 0 Å². The minimum absolute atomic E-state index is 0.276. The molecule has 0 N–H and O–H groups in total. The molecule has 2 nitrogen and oxygen atoms in total. The molecule has 0 unspecified atom stereocenters. The second-order valence-electron chi connectivity index (χ2n) is 3.37. The molecule has 0 aromatic heterocycles. The van der Waals surface area contributed by atoms with Gasteiger partial charge in [0, 0.05) is 6.61 Å². The molecule has 0 saturated heterocycles. The summed E-state index contributed by atoms with van der Waals surface area (Å²) < 4.78 is 24.2. The van der Waals surface area contributed by atoms with Gasteiger partial charge in [0.1, 0.15) is 5.75 Å². The molecule has 78 valence electrons. The first-order valence-corrected chi connectivity index (χ1v) is 7.44. The molecule has 0 spiro atoms. The molecule has 1 rings (SSSR count). The van der Waals surface area contributed by atoms with Crippen LogP contribution in [0.3, 0.4) is 0 Å². The average molecular weight is 214 g/mol. The van der Waals surface area contributed by atoms with Crippen LogP contribution in [-0.4, -0.2) is 15.2 Å². The molecule has 0 aliphatic heterocycles. The SMILES string of the molecule is CCO[Si](C)(C)Oc1ccccc1F. The van der Waals surface area contributed by atoms with E-state index in [1.54, 1.807) is 18.2 Å². The molecule has 0 aliphatic rings. The summed E-state index contributed by atoms with van der Waals surface area (Å²) in [6.45, 7) is 6.28. The fraction of sp³-hybridized carbons (Fsp3) is 0.400. The Hall–Kier alpha value is -0.873. The standard InChI is InChI=1S/C10H15FO2Si/c1-4-12-14(2,3)13-10-8-6-5-7-9(10)11/h5-8H,4H2,1-3H3. The van der Waals surface area contributed by atoms with Gasteiger partial charge in [0.15, 0.2) is 5.82 Å². The Kier molecular flexibility index (Phi) is 3.66. The van der Waals surface area contributed by atoms with Gasteiger partial charge in [-0.05, 0) is 32.2 Å². The van der Waals surface area contributed by atoms with Crippen molar-refractivity contribution in [3.05, 3.63) is 30.1 Å². The molecule has 0 bridgehead atoms. The van der Waals surface area contributed by atoms with E-state index in [9.17, 15) is 4.39 Å². The monoisotopic (exact) mass is 214 g/mol. The lowest BCUT2D eigenvalue weighted by Gasteiger charge is -2.23. The first-order chi connectivity index (χ1) is 6.55. The quantitative estimate of drug-likeness (QED) is 0.717. The van der Waals surface area contributed by atoms with E-state index in [-0.39, 0.29) is 11.6 Å². The summed E-state index contributed by atoms with van der Waals surface area (Å²) >= 11 is 0.